The first-order chi connectivity index (χ1) is 9.74. The first kappa shape index (κ1) is 14.7. The molecular formula is C16H24N2O2. The molecule has 3 N–H and O–H groups in total. The second-order valence-corrected chi connectivity index (χ2v) is 5.51. The molecule has 1 aliphatic carbocycles. The SMILES string of the molecule is O=C(NCCCc1ccc(O)cc1)NC1CCCCC1. The fourth-order valence-corrected chi connectivity index (χ4v) is 2.64. The number of amides is 2. The summed E-state index contributed by atoms with van der Waals surface area (Å²) in [6.07, 6.45) is 7.79. The molecule has 0 unspecified atom stereocenters. The van der Waals surface area contributed by atoms with Gasteiger partial charge in [-0.05, 0) is 43.4 Å². The van der Waals surface area contributed by atoms with E-state index in [2.05, 4.69) is 10.6 Å². The van der Waals surface area contributed by atoms with Crippen LogP contribution in [0.25, 0.3) is 0 Å². The number of aryl methyl sites for hydroxylation is 1. The number of carbonyl (C=O) groups is 1. The van der Waals surface area contributed by atoms with Crippen molar-refractivity contribution >= 4 is 6.03 Å². The molecule has 0 aliphatic heterocycles. The lowest BCUT2D eigenvalue weighted by Gasteiger charge is -2.22. The summed E-state index contributed by atoms with van der Waals surface area (Å²) in [6, 6.07) is 7.54. The number of hydrogen-bond donors (Lipinski definition) is 3. The van der Waals surface area contributed by atoms with Crippen LogP contribution in [0.1, 0.15) is 44.1 Å². The van der Waals surface area contributed by atoms with Gasteiger partial charge >= 0.3 is 6.03 Å². The van der Waals surface area contributed by atoms with Gasteiger partial charge in [0.25, 0.3) is 0 Å². The molecule has 1 aliphatic rings. The average Bonchev–Trinajstić information content (AvgIpc) is 2.46. The Morgan fingerprint density at radius 1 is 1.15 bits per heavy atom. The summed E-state index contributed by atoms with van der Waals surface area (Å²) >= 11 is 0. The molecule has 0 radical (unpaired) electrons. The summed E-state index contributed by atoms with van der Waals surface area (Å²) in [5.41, 5.74) is 1.18. The fraction of sp³-hybridized carbons (Fsp3) is 0.562. The predicted molar refractivity (Wildman–Crippen MR) is 79.8 cm³/mol. The summed E-state index contributed by atoms with van der Waals surface area (Å²) in [5.74, 6) is 0.290. The number of urea groups is 1. The van der Waals surface area contributed by atoms with Crippen molar-refractivity contribution in [1.29, 1.82) is 0 Å². The van der Waals surface area contributed by atoms with Gasteiger partial charge in [0.2, 0.25) is 0 Å². The highest BCUT2D eigenvalue weighted by atomic mass is 16.3. The van der Waals surface area contributed by atoms with E-state index >= 15 is 0 Å². The Kier molecular flexibility index (Phi) is 5.71. The topological polar surface area (TPSA) is 61.4 Å². The van der Waals surface area contributed by atoms with Gasteiger partial charge in [0.15, 0.2) is 0 Å². The lowest BCUT2D eigenvalue weighted by molar-refractivity contribution is 0.232. The first-order valence-electron chi connectivity index (χ1n) is 7.56. The van der Waals surface area contributed by atoms with E-state index in [0.717, 1.165) is 25.7 Å². The molecule has 0 bridgehead atoms. The minimum Gasteiger partial charge on any atom is -0.508 e. The Hall–Kier alpha value is -1.71. The molecule has 2 amide bonds. The minimum absolute atomic E-state index is 0.0393. The highest BCUT2D eigenvalue weighted by Crippen LogP contribution is 2.17. The second-order valence-electron chi connectivity index (χ2n) is 5.51. The van der Waals surface area contributed by atoms with Crippen molar-refractivity contribution in [1.82, 2.24) is 10.6 Å². The second kappa shape index (κ2) is 7.78. The highest BCUT2D eigenvalue weighted by molar-refractivity contribution is 5.74. The molecule has 1 aromatic rings. The van der Waals surface area contributed by atoms with Gasteiger partial charge in [-0.2, -0.15) is 0 Å². The smallest absolute Gasteiger partial charge is 0.315 e. The normalized spacial score (nSPS) is 15.8. The van der Waals surface area contributed by atoms with Crippen LogP contribution in [0, 0.1) is 0 Å². The molecule has 0 spiro atoms. The maximum atomic E-state index is 11.7. The number of benzene rings is 1. The van der Waals surface area contributed by atoms with Crippen molar-refractivity contribution in [3.05, 3.63) is 29.8 Å². The minimum atomic E-state index is -0.0393. The van der Waals surface area contributed by atoms with Crippen molar-refractivity contribution in [2.45, 2.75) is 51.0 Å². The Balaban J connectivity index is 1.58. The molecule has 0 aromatic heterocycles. The van der Waals surface area contributed by atoms with E-state index in [4.69, 9.17) is 0 Å². The number of carbonyl (C=O) groups excluding carboxylic acids is 1. The van der Waals surface area contributed by atoms with Crippen molar-refractivity contribution < 1.29 is 9.90 Å². The largest absolute Gasteiger partial charge is 0.508 e. The van der Waals surface area contributed by atoms with Crippen LogP contribution in [0.4, 0.5) is 4.79 Å². The molecule has 4 heteroatoms. The summed E-state index contributed by atoms with van der Waals surface area (Å²) in [6.45, 7) is 0.680. The van der Waals surface area contributed by atoms with Crippen LogP contribution in [0.5, 0.6) is 5.75 Å². The Labute approximate surface area is 120 Å². The van der Waals surface area contributed by atoms with Crippen molar-refractivity contribution in [3.8, 4) is 5.75 Å². The van der Waals surface area contributed by atoms with Crippen LogP contribution >= 0.6 is 0 Å². The Morgan fingerprint density at radius 2 is 1.85 bits per heavy atom. The quantitative estimate of drug-likeness (QED) is 0.724. The van der Waals surface area contributed by atoms with E-state index in [1.165, 1.54) is 24.8 Å². The van der Waals surface area contributed by atoms with Gasteiger partial charge in [0.05, 0.1) is 0 Å². The van der Waals surface area contributed by atoms with Gasteiger partial charge in [-0.25, -0.2) is 4.79 Å². The van der Waals surface area contributed by atoms with Crippen molar-refractivity contribution in [3.63, 3.8) is 0 Å². The molecule has 1 fully saturated rings. The van der Waals surface area contributed by atoms with E-state index in [-0.39, 0.29) is 6.03 Å². The van der Waals surface area contributed by atoms with E-state index in [1.807, 2.05) is 12.1 Å². The molecule has 0 atom stereocenters. The van der Waals surface area contributed by atoms with Crippen LogP contribution in [-0.4, -0.2) is 23.7 Å². The third-order valence-electron chi connectivity index (χ3n) is 3.80. The van der Waals surface area contributed by atoms with Gasteiger partial charge in [0, 0.05) is 12.6 Å². The van der Waals surface area contributed by atoms with E-state index < -0.39 is 0 Å². The third kappa shape index (κ3) is 5.11. The zero-order valence-electron chi connectivity index (χ0n) is 11.9. The Morgan fingerprint density at radius 3 is 2.55 bits per heavy atom. The molecule has 20 heavy (non-hydrogen) atoms. The molecule has 0 saturated heterocycles. The number of rotatable bonds is 5. The number of nitrogens with one attached hydrogen (secondary N) is 2. The third-order valence-corrected chi connectivity index (χ3v) is 3.80. The first-order valence-corrected chi connectivity index (χ1v) is 7.56. The maximum Gasteiger partial charge on any atom is 0.315 e. The zero-order chi connectivity index (χ0) is 14.2. The standard InChI is InChI=1S/C16H24N2O2/c19-15-10-8-13(9-11-15)5-4-12-17-16(20)18-14-6-2-1-3-7-14/h8-11,14,19H,1-7,12H2,(H2,17,18,20). The van der Waals surface area contributed by atoms with Crippen LogP contribution < -0.4 is 10.6 Å². The van der Waals surface area contributed by atoms with Gasteiger partial charge in [-0.1, -0.05) is 31.4 Å². The van der Waals surface area contributed by atoms with Crippen molar-refractivity contribution in [2.75, 3.05) is 6.54 Å². The molecule has 2 rings (SSSR count). The van der Waals surface area contributed by atoms with E-state index in [9.17, 15) is 9.90 Å². The van der Waals surface area contributed by atoms with Gasteiger partial charge in [-0.3, -0.25) is 0 Å². The van der Waals surface area contributed by atoms with Gasteiger partial charge in [-0.15, -0.1) is 0 Å². The van der Waals surface area contributed by atoms with Crippen molar-refractivity contribution in [2.24, 2.45) is 0 Å². The summed E-state index contributed by atoms with van der Waals surface area (Å²) in [7, 11) is 0. The van der Waals surface area contributed by atoms with Crippen LogP contribution in [-0.2, 0) is 6.42 Å². The van der Waals surface area contributed by atoms with Gasteiger partial charge < -0.3 is 15.7 Å². The zero-order valence-corrected chi connectivity index (χ0v) is 11.9. The number of hydrogen-bond acceptors (Lipinski definition) is 2. The monoisotopic (exact) mass is 276 g/mol. The lowest BCUT2D eigenvalue weighted by Crippen LogP contribution is -2.43. The Bertz CT molecular complexity index is 411. The van der Waals surface area contributed by atoms with Crippen LogP contribution in [0.15, 0.2) is 24.3 Å². The lowest BCUT2D eigenvalue weighted by atomic mass is 9.96. The molecule has 0 heterocycles. The maximum absolute atomic E-state index is 11.7. The summed E-state index contributed by atoms with van der Waals surface area (Å²) in [4.78, 5) is 11.7. The van der Waals surface area contributed by atoms with Crippen LogP contribution in [0.3, 0.4) is 0 Å². The van der Waals surface area contributed by atoms with E-state index in [0.29, 0.717) is 18.3 Å². The number of phenolic OH excluding ortho intramolecular Hbond substituents is 1. The average molecular weight is 276 g/mol. The number of aromatic hydroxyl groups is 1. The molecule has 1 saturated carbocycles. The highest BCUT2D eigenvalue weighted by Gasteiger charge is 2.14. The predicted octanol–water partition coefficient (Wildman–Crippen LogP) is 2.96. The molecule has 4 nitrogen and oxygen atoms in total. The summed E-state index contributed by atoms with van der Waals surface area (Å²) in [5, 5.41) is 15.1. The molecular weight excluding hydrogens is 252 g/mol. The summed E-state index contributed by atoms with van der Waals surface area (Å²) < 4.78 is 0. The van der Waals surface area contributed by atoms with Gasteiger partial charge in [0.1, 0.15) is 5.75 Å². The fourth-order valence-electron chi connectivity index (χ4n) is 2.64. The molecule has 110 valence electrons. The number of phenols is 1. The molecule has 1 aromatic carbocycles. The van der Waals surface area contributed by atoms with E-state index in [1.54, 1.807) is 12.1 Å². The van der Waals surface area contributed by atoms with Crippen LogP contribution in [0.2, 0.25) is 0 Å².